The first-order valence-electron chi connectivity index (χ1n) is 6.68. The number of benzene rings is 1. The monoisotopic (exact) mass is 298 g/mol. The second kappa shape index (κ2) is 7.07. The number of carbonyl (C=O) groups excluding carboxylic acids is 1. The van der Waals surface area contributed by atoms with E-state index in [4.69, 9.17) is 5.73 Å². The smallest absolute Gasteiger partial charge is 0.255 e. The zero-order valence-electron chi connectivity index (χ0n) is 12.2. The molecule has 4 heteroatoms. The minimum absolute atomic E-state index is 0.0562. The minimum atomic E-state index is 0.0562. The highest BCUT2D eigenvalue weighted by Gasteiger charge is 2.14. The van der Waals surface area contributed by atoms with Crippen molar-refractivity contribution >= 4 is 17.2 Å². The molecule has 3 nitrogen and oxygen atoms in total. The molecule has 2 aromatic rings. The quantitative estimate of drug-likeness (QED) is 0.886. The molecule has 0 fully saturated rings. The van der Waals surface area contributed by atoms with Crippen molar-refractivity contribution in [2.24, 2.45) is 5.73 Å². The molecule has 0 aliphatic rings. The van der Waals surface area contributed by atoms with Crippen LogP contribution in [0.15, 0.2) is 35.0 Å². The van der Waals surface area contributed by atoms with Gasteiger partial charge in [0.2, 0.25) is 0 Å². The topological polar surface area (TPSA) is 46.3 Å². The van der Waals surface area contributed by atoms with Gasteiger partial charge in [0.15, 0.2) is 0 Å². The lowest BCUT2D eigenvalue weighted by atomic mass is 10.1. The van der Waals surface area contributed by atoms with Gasteiger partial charge < -0.3 is 10.6 Å². The van der Waals surface area contributed by atoms with E-state index < -0.39 is 0 Å². The Hall–Kier alpha value is -2.09. The lowest BCUT2D eigenvalue weighted by Gasteiger charge is -2.17. The van der Waals surface area contributed by atoms with Crippen molar-refractivity contribution in [1.29, 1.82) is 0 Å². The molecule has 1 aromatic heterocycles. The van der Waals surface area contributed by atoms with Crippen LogP contribution < -0.4 is 5.73 Å². The normalized spacial score (nSPS) is 9.86. The minimum Gasteiger partial charge on any atom is -0.337 e. The van der Waals surface area contributed by atoms with Gasteiger partial charge in [-0.15, -0.1) is 0 Å². The second-order valence-corrected chi connectivity index (χ2v) is 5.58. The maximum absolute atomic E-state index is 12.3. The molecule has 1 heterocycles. The lowest BCUT2D eigenvalue weighted by molar-refractivity contribution is 0.0785. The fraction of sp³-hybridized carbons (Fsp3) is 0.235. The highest BCUT2D eigenvalue weighted by atomic mass is 32.1. The summed E-state index contributed by atoms with van der Waals surface area (Å²) in [4.78, 5) is 14.1. The predicted molar refractivity (Wildman–Crippen MR) is 87.2 cm³/mol. The van der Waals surface area contributed by atoms with Crippen molar-refractivity contribution in [3.63, 3.8) is 0 Å². The highest BCUT2D eigenvalue weighted by molar-refractivity contribution is 7.08. The van der Waals surface area contributed by atoms with Crippen molar-refractivity contribution in [1.82, 2.24) is 4.90 Å². The summed E-state index contributed by atoms with van der Waals surface area (Å²) in [6.07, 6.45) is 0. The number of nitrogens with two attached hydrogens (primary N) is 1. The van der Waals surface area contributed by atoms with E-state index in [0.29, 0.717) is 13.1 Å². The van der Waals surface area contributed by atoms with E-state index in [-0.39, 0.29) is 5.91 Å². The fourth-order valence-electron chi connectivity index (χ4n) is 1.98. The van der Waals surface area contributed by atoms with Gasteiger partial charge in [-0.05, 0) is 35.6 Å². The Morgan fingerprint density at radius 2 is 2.00 bits per heavy atom. The van der Waals surface area contributed by atoms with Crippen LogP contribution in [0.4, 0.5) is 0 Å². The molecule has 0 aliphatic carbocycles. The molecular weight excluding hydrogens is 280 g/mol. The first kappa shape index (κ1) is 15.3. The lowest BCUT2D eigenvalue weighted by Crippen LogP contribution is -2.26. The van der Waals surface area contributed by atoms with Crippen LogP contribution in [0.1, 0.15) is 27.0 Å². The molecule has 0 aliphatic heterocycles. The number of thiophene rings is 1. The van der Waals surface area contributed by atoms with Gasteiger partial charge in [-0.1, -0.05) is 24.0 Å². The van der Waals surface area contributed by atoms with Crippen LogP contribution in [0.25, 0.3) is 0 Å². The molecule has 0 spiro atoms. The summed E-state index contributed by atoms with van der Waals surface area (Å²) < 4.78 is 0. The summed E-state index contributed by atoms with van der Waals surface area (Å²) in [6, 6.07) is 7.88. The van der Waals surface area contributed by atoms with E-state index in [1.165, 1.54) is 0 Å². The van der Waals surface area contributed by atoms with Gasteiger partial charge in [0.25, 0.3) is 5.91 Å². The van der Waals surface area contributed by atoms with Crippen molar-refractivity contribution in [2.45, 2.75) is 13.5 Å². The van der Waals surface area contributed by atoms with Crippen LogP contribution in [0.2, 0.25) is 0 Å². The summed E-state index contributed by atoms with van der Waals surface area (Å²) >= 11 is 1.55. The Kier molecular flexibility index (Phi) is 5.15. The second-order valence-electron chi connectivity index (χ2n) is 4.83. The first-order chi connectivity index (χ1) is 10.1. The van der Waals surface area contributed by atoms with Crippen LogP contribution in [0.5, 0.6) is 0 Å². The Balaban J connectivity index is 2.04. The Morgan fingerprint density at radius 3 is 2.57 bits per heavy atom. The average Bonchev–Trinajstić information content (AvgIpc) is 2.92. The number of hydrogen-bond acceptors (Lipinski definition) is 3. The molecule has 2 rings (SSSR count). The highest BCUT2D eigenvalue weighted by Crippen LogP contribution is 2.16. The predicted octanol–water partition coefficient (Wildman–Crippen LogP) is 2.64. The number of nitrogens with zero attached hydrogens (tertiary/aromatic N) is 1. The standard InChI is InChI=1S/C17H18N2OS/c1-13-11-21-12-16(13)17(20)19(2)10-15-7-5-14(6-8-15)4-3-9-18/h5-8,11-12H,9-10,18H2,1-2H3. The van der Waals surface area contributed by atoms with Crippen LogP contribution >= 0.6 is 11.3 Å². The average molecular weight is 298 g/mol. The molecule has 108 valence electrons. The number of rotatable bonds is 3. The molecular formula is C17H18N2OS. The molecule has 0 bridgehead atoms. The summed E-state index contributed by atoms with van der Waals surface area (Å²) in [5.74, 6) is 5.86. The van der Waals surface area contributed by atoms with Gasteiger partial charge in [-0.2, -0.15) is 11.3 Å². The van der Waals surface area contributed by atoms with Gasteiger partial charge >= 0.3 is 0 Å². The number of hydrogen-bond donors (Lipinski definition) is 1. The molecule has 0 atom stereocenters. The molecule has 0 saturated carbocycles. The van der Waals surface area contributed by atoms with Crippen LogP contribution in [-0.2, 0) is 6.54 Å². The van der Waals surface area contributed by atoms with Crippen LogP contribution in [0, 0.1) is 18.8 Å². The third kappa shape index (κ3) is 3.94. The van der Waals surface area contributed by atoms with Gasteiger partial charge in [0.05, 0.1) is 12.1 Å². The molecule has 21 heavy (non-hydrogen) atoms. The fourth-order valence-corrected chi connectivity index (χ4v) is 2.80. The molecule has 0 unspecified atom stereocenters. The first-order valence-corrected chi connectivity index (χ1v) is 7.62. The third-order valence-corrected chi connectivity index (χ3v) is 4.00. The van der Waals surface area contributed by atoms with Crippen LogP contribution in [-0.4, -0.2) is 24.4 Å². The molecule has 0 radical (unpaired) electrons. The maximum atomic E-state index is 12.3. The molecule has 0 saturated heterocycles. The van der Waals surface area contributed by atoms with E-state index in [1.807, 2.05) is 49.0 Å². The van der Waals surface area contributed by atoms with Crippen LogP contribution in [0.3, 0.4) is 0 Å². The maximum Gasteiger partial charge on any atom is 0.255 e. The number of amides is 1. The zero-order valence-corrected chi connectivity index (χ0v) is 13.0. The van der Waals surface area contributed by atoms with Gasteiger partial charge in [-0.25, -0.2) is 0 Å². The largest absolute Gasteiger partial charge is 0.337 e. The van der Waals surface area contributed by atoms with E-state index in [1.54, 1.807) is 16.2 Å². The van der Waals surface area contributed by atoms with Crippen molar-refractivity contribution < 1.29 is 4.79 Å². The third-order valence-electron chi connectivity index (χ3n) is 3.14. The Bertz CT molecular complexity index is 677. The van der Waals surface area contributed by atoms with E-state index in [9.17, 15) is 4.79 Å². The molecule has 1 aromatic carbocycles. The van der Waals surface area contributed by atoms with Gasteiger partial charge in [-0.3, -0.25) is 4.79 Å². The van der Waals surface area contributed by atoms with Crippen molar-refractivity contribution in [2.75, 3.05) is 13.6 Å². The van der Waals surface area contributed by atoms with Gasteiger partial charge in [0, 0.05) is 24.5 Å². The number of carbonyl (C=O) groups is 1. The SMILES string of the molecule is Cc1cscc1C(=O)N(C)Cc1ccc(C#CCN)cc1. The van der Waals surface area contributed by atoms with E-state index in [2.05, 4.69) is 11.8 Å². The van der Waals surface area contributed by atoms with Crippen molar-refractivity contribution in [3.8, 4) is 11.8 Å². The Labute approximate surface area is 129 Å². The zero-order chi connectivity index (χ0) is 15.2. The Morgan fingerprint density at radius 1 is 1.29 bits per heavy atom. The summed E-state index contributed by atoms with van der Waals surface area (Å²) in [5.41, 5.74) is 9.18. The molecule has 2 N–H and O–H groups in total. The number of aryl methyl sites for hydroxylation is 1. The van der Waals surface area contributed by atoms with E-state index >= 15 is 0 Å². The molecule has 1 amide bonds. The summed E-state index contributed by atoms with van der Waals surface area (Å²) in [5, 5.41) is 3.89. The van der Waals surface area contributed by atoms with E-state index in [0.717, 1.165) is 22.3 Å². The van der Waals surface area contributed by atoms with Crippen molar-refractivity contribution in [3.05, 3.63) is 57.3 Å². The van der Waals surface area contributed by atoms with Gasteiger partial charge in [0.1, 0.15) is 0 Å². The summed E-state index contributed by atoms with van der Waals surface area (Å²) in [7, 11) is 1.82. The summed E-state index contributed by atoms with van der Waals surface area (Å²) in [6.45, 7) is 2.90.